The summed E-state index contributed by atoms with van der Waals surface area (Å²) in [5, 5.41) is 2.02. The zero-order valence-electron chi connectivity index (χ0n) is 26.1. The second-order valence-electron chi connectivity index (χ2n) is 12.2. The minimum absolute atomic E-state index is 0. The Kier molecular flexibility index (Phi) is 7.72. The van der Waals surface area contributed by atoms with E-state index in [9.17, 15) is 0 Å². The van der Waals surface area contributed by atoms with E-state index in [1.165, 1.54) is 18.2 Å². The Morgan fingerprint density at radius 3 is 2.38 bits per heavy atom. The largest absolute Gasteiger partial charge is 0.504 e. The second-order valence-corrected chi connectivity index (χ2v) is 12.2. The molecule has 0 bridgehead atoms. The van der Waals surface area contributed by atoms with Gasteiger partial charge < -0.3 is 19.1 Å². The van der Waals surface area contributed by atoms with Gasteiger partial charge in [-0.1, -0.05) is 44.5 Å². The van der Waals surface area contributed by atoms with Gasteiger partial charge in [0.2, 0.25) is 0 Å². The first-order valence-electron chi connectivity index (χ1n) is 15.0. The quantitative estimate of drug-likeness (QED) is 0.163. The Bertz CT molecular complexity index is 2250. The molecule has 0 N–H and O–H groups in total. The maximum Gasteiger partial charge on any atom is 0.162 e. The summed E-state index contributed by atoms with van der Waals surface area (Å²) in [5.74, 6) is 2.28. The third kappa shape index (κ3) is 5.51. The van der Waals surface area contributed by atoms with Crippen molar-refractivity contribution in [2.24, 2.45) is 0 Å². The van der Waals surface area contributed by atoms with Crippen molar-refractivity contribution in [3.8, 4) is 28.8 Å². The molecule has 10 heteroatoms. The summed E-state index contributed by atoms with van der Waals surface area (Å²) in [6.45, 7) is 8.63. The molecule has 3 aromatic carbocycles. The van der Waals surface area contributed by atoms with Crippen molar-refractivity contribution in [2.45, 2.75) is 26.2 Å². The summed E-state index contributed by atoms with van der Waals surface area (Å²) in [5.41, 5.74) is 6.86. The maximum absolute atomic E-state index is 6.32. The third-order valence-corrected chi connectivity index (χ3v) is 8.18. The number of benzene rings is 3. The molecule has 0 saturated heterocycles. The van der Waals surface area contributed by atoms with Crippen LogP contribution < -0.4 is 14.5 Å². The number of pyridine rings is 2. The zero-order valence-corrected chi connectivity index (χ0v) is 28.4. The van der Waals surface area contributed by atoms with Crippen LogP contribution in [-0.2, 0) is 26.5 Å². The number of fused-ring (bicyclic) bond motifs is 4. The van der Waals surface area contributed by atoms with Crippen LogP contribution in [0.25, 0.3) is 39.0 Å². The average molecular weight is 797 g/mol. The Labute approximate surface area is 287 Å². The number of ether oxygens (including phenoxy) is 1. The van der Waals surface area contributed by atoms with Gasteiger partial charge >= 0.3 is 0 Å². The normalized spacial score (nSPS) is 12.8. The molecule has 0 unspecified atom stereocenters. The zero-order chi connectivity index (χ0) is 31.4. The van der Waals surface area contributed by atoms with Crippen LogP contribution in [0.3, 0.4) is 0 Å². The van der Waals surface area contributed by atoms with Crippen LogP contribution in [0.5, 0.6) is 11.6 Å². The van der Waals surface area contributed by atoms with Crippen LogP contribution in [-0.4, -0.2) is 36.5 Å². The van der Waals surface area contributed by atoms with Gasteiger partial charge in [0.05, 0.1) is 0 Å². The summed E-state index contributed by atoms with van der Waals surface area (Å²) < 4.78 is 8.45. The second kappa shape index (κ2) is 11.9. The molecule has 236 valence electrons. The van der Waals surface area contributed by atoms with Crippen molar-refractivity contribution in [3.63, 3.8) is 0 Å². The molecule has 0 amide bonds. The third-order valence-electron chi connectivity index (χ3n) is 8.18. The van der Waals surface area contributed by atoms with E-state index in [1.54, 1.807) is 6.20 Å². The van der Waals surface area contributed by atoms with E-state index in [4.69, 9.17) is 9.72 Å². The Balaban J connectivity index is 0.00000351. The van der Waals surface area contributed by atoms with E-state index in [1.807, 2.05) is 56.3 Å². The van der Waals surface area contributed by atoms with E-state index >= 15 is 0 Å². The molecular weight excluding hydrogens is 768 g/mol. The van der Waals surface area contributed by atoms with E-state index in [2.05, 4.69) is 104 Å². The standard InChI is InChI=1S/C37H29N8O.Pt/c1-37(2,3)25-13-15-39-34(18-25)45-30-12-9-24(36-41-21-38-22-42-36)17-29(30)28-11-10-27(20-33(28)45)46-35-19-26(14-16-40-35)44-23-43(4)31-7-5-6-8-32(31)44;/h5-18,21-23H,1-4H3;/q-3;. The molecule has 47 heavy (non-hydrogen) atoms. The number of para-hydroxylation sites is 2. The molecule has 8 rings (SSSR count). The van der Waals surface area contributed by atoms with Gasteiger partial charge in [-0.25, -0.2) is 19.9 Å². The molecule has 4 aromatic heterocycles. The van der Waals surface area contributed by atoms with Crippen LogP contribution in [0.4, 0.5) is 17.1 Å². The van der Waals surface area contributed by atoms with E-state index in [0.717, 1.165) is 50.2 Å². The van der Waals surface area contributed by atoms with Crippen molar-refractivity contribution >= 4 is 38.9 Å². The van der Waals surface area contributed by atoms with Crippen molar-refractivity contribution in [3.05, 3.63) is 122 Å². The van der Waals surface area contributed by atoms with Crippen LogP contribution in [0.1, 0.15) is 26.3 Å². The molecule has 5 heterocycles. The van der Waals surface area contributed by atoms with E-state index < -0.39 is 0 Å². The molecule has 1 aliphatic rings. The molecule has 9 nitrogen and oxygen atoms in total. The van der Waals surface area contributed by atoms with Crippen LogP contribution >= 0.6 is 0 Å². The Hall–Kier alpha value is -5.14. The molecule has 7 aromatic rings. The topological polar surface area (TPSA) is 85.1 Å². The summed E-state index contributed by atoms with van der Waals surface area (Å²) in [7, 11) is 2.03. The number of anilines is 3. The monoisotopic (exact) mass is 796 g/mol. The molecule has 0 saturated carbocycles. The smallest absolute Gasteiger partial charge is 0.162 e. The maximum atomic E-state index is 6.32. The van der Waals surface area contributed by atoms with Gasteiger partial charge in [0.1, 0.15) is 24.4 Å². The van der Waals surface area contributed by atoms with E-state index in [0.29, 0.717) is 17.5 Å². The first-order chi connectivity index (χ1) is 22.3. The van der Waals surface area contributed by atoms with Gasteiger partial charge in [0.15, 0.2) is 5.82 Å². The van der Waals surface area contributed by atoms with Gasteiger partial charge in [-0.05, 0) is 66.0 Å². The molecule has 0 atom stereocenters. The number of hydrogen-bond acceptors (Lipinski definition) is 8. The summed E-state index contributed by atoms with van der Waals surface area (Å²) in [4.78, 5) is 26.1. The number of rotatable bonds is 5. The summed E-state index contributed by atoms with van der Waals surface area (Å²) >= 11 is 0. The number of aromatic nitrogens is 6. The van der Waals surface area contributed by atoms with Crippen LogP contribution in [0.15, 0.2) is 97.8 Å². The van der Waals surface area contributed by atoms with Gasteiger partial charge in [0.25, 0.3) is 0 Å². The van der Waals surface area contributed by atoms with Gasteiger partial charge in [-0.3, -0.25) is 4.98 Å². The predicted molar refractivity (Wildman–Crippen MR) is 179 cm³/mol. The fraction of sp³-hybridized carbons (Fsp3) is 0.135. The van der Waals surface area contributed by atoms with E-state index in [-0.39, 0.29) is 26.5 Å². The van der Waals surface area contributed by atoms with Crippen LogP contribution in [0.2, 0.25) is 0 Å². The molecule has 0 radical (unpaired) electrons. The van der Waals surface area contributed by atoms with Crippen molar-refractivity contribution in [2.75, 3.05) is 16.8 Å². The first-order valence-corrected chi connectivity index (χ1v) is 15.0. The fourth-order valence-electron chi connectivity index (χ4n) is 5.87. The van der Waals surface area contributed by atoms with Crippen molar-refractivity contribution in [1.29, 1.82) is 0 Å². The molecule has 0 aliphatic carbocycles. The minimum atomic E-state index is -0.0467. The average Bonchev–Trinajstić information content (AvgIpc) is 3.59. The van der Waals surface area contributed by atoms with Crippen LogP contribution in [0, 0.1) is 18.8 Å². The molecular formula is C37H29N8OPt-3. The number of nitrogens with zero attached hydrogens (tertiary/aromatic N) is 8. The summed E-state index contributed by atoms with van der Waals surface area (Å²) in [6, 6.07) is 31.4. The molecule has 0 spiro atoms. The van der Waals surface area contributed by atoms with Gasteiger partial charge in [0, 0.05) is 55.5 Å². The SMILES string of the molecule is CN1[CH-]N(c2[c-]c(Oc3[c-]c4c(cc3)c3cc(-c5ncncn5)ccc3n4-c3cc(C(C)(C)C)ccn3)ncc2)c2ccccc21.[Pt]. The summed E-state index contributed by atoms with van der Waals surface area (Å²) in [6.07, 6.45) is 6.61. The molecule has 1 aliphatic heterocycles. The van der Waals surface area contributed by atoms with Gasteiger partial charge in [-0.2, -0.15) is 30.6 Å². The Morgan fingerprint density at radius 1 is 0.787 bits per heavy atom. The fourth-order valence-corrected chi connectivity index (χ4v) is 5.87. The van der Waals surface area contributed by atoms with Crippen molar-refractivity contribution < 1.29 is 25.8 Å². The van der Waals surface area contributed by atoms with Crippen molar-refractivity contribution in [1.82, 2.24) is 29.5 Å². The van der Waals surface area contributed by atoms with Gasteiger partial charge in [-0.15, -0.1) is 17.5 Å². The first kappa shape index (κ1) is 30.5. The molecule has 0 fully saturated rings. The Morgan fingerprint density at radius 2 is 1.57 bits per heavy atom. The minimum Gasteiger partial charge on any atom is -0.504 e. The number of hydrogen-bond donors (Lipinski definition) is 0. The predicted octanol–water partition coefficient (Wildman–Crippen LogP) is 7.82.